The molecular weight excluding hydrogens is 294 g/mol. The SMILES string of the molecule is CCS(=O)(=O)C1CSCCN1CC1CC(C)CCC1O. The number of aliphatic hydroxyl groups is 1. The van der Waals surface area contributed by atoms with Crippen LogP contribution < -0.4 is 0 Å². The van der Waals surface area contributed by atoms with E-state index in [1.165, 1.54) is 0 Å². The number of sulfone groups is 1. The maximum Gasteiger partial charge on any atom is 0.166 e. The van der Waals surface area contributed by atoms with Gasteiger partial charge < -0.3 is 5.11 Å². The predicted molar refractivity (Wildman–Crippen MR) is 84.7 cm³/mol. The first-order valence-electron chi connectivity index (χ1n) is 7.65. The van der Waals surface area contributed by atoms with Gasteiger partial charge in [-0.3, -0.25) is 4.90 Å². The van der Waals surface area contributed by atoms with Crippen LogP contribution in [0.2, 0.25) is 0 Å². The Balaban J connectivity index is 2.05. The van der Waals surface area contributed by atoms with E-state index in [0.29, 0.717) is 11.7 Å². The standard InChI is InChI=1S/C14H27NO3S2/c1-3-20(17,18)14-10-19-7-6-15(14)9-12-8-11(2)4-5-13(12)16/h11-14,16H,3-10H2,1-2H3. The second-order valence-corrected chi connectivity index (χ2v) is 9.82. The lowest BCUT2D eigenvalue weighted by molar-refractivity contribution is 0.0297. The van der Waals surface area contributed by atoms with Crippen molar-refractivity contribution in [3.63, 3.8) is 0 Å². The molecule has 0 amide bonds. The average molecular weight is 322 g/mol. The number of rotatable bonds is 4. The van der Waals surface area contributed by atoms with Crippen molar-refractivity contribution >= 4 is 21.6 Å². The van der Waals surface area contributed by atoms with Gasteiger partial charge in [-0.25, -0.2) is 8.42 Å². The summed E-state index contributed by atoms with van der Waals surface area (Å²) in [5.74, 6) is 2.75. The fourth-order valence-electron chi connectivity index (χ4n) is 3.33. The molecule has 6 heteroatoms. The van der Waals surface area contributed by atoms with Crippen LogP contribution in [0.5, 0.6) is 0 Å². The summed E-state index contributed by atoms with van der Waals surface area (Å²) in [6.07, 6.45) is 2.71. The third kappa shape index (κ3) is 3.90. The normalized spacial score (nSPS) is 37.0. The number of hydrogen-bond donors (Lipinski definition) is 1. The minimum Gasteiger partial charge on any atom is -0.393 e. The molecule has 1 aliphatic carbocycles. The Labute approximate surface area is 127 Å². The smallest absolute Gasteiger partial charge is 0.166 e. The molecule has 4 atom stereocenters. The summed E-state index contributed by atoms with van der Waals surface area (Å²) < 4.78 is 24.5. The molecule has 0 aromatic rings. The van der Waals surface area contributed by atoms with Crippen LogP contribution >= 0.6 is 11.8 Å². The highest BCUT2D eigenvalue weighted by Gasteiger charge is 2.36. The minimum absolute atomic E-state index is 0.207. The van der Waals surface area contributed by atoms with Crippen LogP contribution in [0, 0.1) is 11.8 Å². The molecule has 1 heterocycles. The summed E-state index contributed by atoms with van der Waals surface area (Å²) in [6, 6.07) is 0. The molecule has 1 aliphatic heterocycles. The second kappa shape index (κ2) is 6.99. The van der Waals surface area contributed by atoms with Crippen molar-refractivity contribution in [2.45, 2.75) is 44.6 Å². The molecule has 0 bridgehead atoms. The van der Waals surface area contributed by atoms with Crippen LogP contribution in [-0.4, -0.2) is 60.3 Å². The summed E-state index contributed by atoms with van der Waals surface area (Å²) >= 11 is 1.73. The van der Waals surface area contributed by atoms with Crippen molar-refractivity contribution in [2.24, 2.45) is 11.8 Å². The van der Waals surface area contributed by atoms with E-state index in [1.54, 1.807) is 18.7 Å². The van der Waals surface area contributed by atoms with E-state index in [2.05, 4.69) is 11.8 Å². The van der Waals surface area contributed by atoms with Gasteiger partial charge in [-0.1, -0.05) is 13.8 Å². The Morgan fingerprint density at radius 3 is 2.80 bits per heavy atom. The predicted octanol–water partition coefficient (Wildman–Crippen LogP) is 1.59. The first kappa shape index (κ1) is 16.6. The van der Waals surface area contributed by atoms with Crippen LogP contribution in [-0.2, 0) is 9.84 Å². The topological polar surface area (TPSA) is 57.6 Å². The zero-order valence-electron chi connectivity index (χ0n) is 12.5. The van der Waals surface area contributed by atoms with Crippen LogP contribution in [0.1, 0.15) is 33.1 Å². The molecule has 0 aromatic heterocycles. The molecule has 20 heavy (non-hydrogen) atoms. The van der Waals surface area contributed by atoms with E-state index >= 15 is 0 Å². The fraction of sp³-hybridized carbons (Fsp3) is 1.00. The number of aliphatic hydroxyl groups excluding tert-OH is 1. The maximum atomic E-state index is 12.2. The molecule has 1 N–H and O–H groups in total. The highest BCUT2D eigenvalue weighted by molar-refractivity contribution is 8.01. The Hall–Kier alpha value is 0.220. The molecule has 2 rings (SSSR count). The maximum absolute atomic E-state index is 12.2. The largest absolute Gasteiger partial charge is 0.393 e. The third-order valence-corrected chi connectivity index (χ3v) is 8.01. The highest BCUT2D eigenvalue weighted by atomic mass is 32.2. The Kier molecular flexibility index (Phi) is 5.79. The van der Waals surface area contributed by atoms with Crippen molar-refractivity contribution in [1.29, 1.82) is 0 Å². The lowest BCUT2D eigenvalue weighted by Gasteiger charge is -2.40. The second-order valence-electron chi connectivity index (χ2n) is 6.22. The van der Waals surface area contributed by atoms with Gasteiger partial charge >= 0.3 is 0 Å². The molecule has 4 nitrogen and oxygen atoms in total. The summed E-state index contributed by atoms with van der Waals surface area (Å²) in [7, 11) is -3.03. The summed E-state index contributed by atoms with van der Waals surface area (Å²) in [5, 5.41) is 9.83. The van der Waals surface area contributed by atoms with E-state index in [4.69, 9.17) is 0 Å². The van der Waals surface area contributed by atoms with Crippen molar-refractivity contribution in [2.75, 3.05) is 30.3 Å². The zero-order chi connectivity index (χ0) is 14.8. The van der Waals surface area contributed by atoms with Crippen LogP contribution in [0.4, 0.5) is 0 Å². The monoisotopic (exact) mass is 321 g/mol. The van der Waals surface area contributed by atoms with Gasteiger partial charge in [0, 0.05) is 30.3 Å². The van der Waals surface area contributed by atoms with Gasteiger partial charge in [0.05, 0.1) is 6.10 Å². The van der Waals surface area contributed by atoms with Crippen LogP contribution in [0.25, 0.3) is 0 Å². The number of nitrogens with zero attached hydrogens (tertiary/aromatic N) is 1. The molecular formula is C14H27NO3S2. The molecule has 1 saturated heterocycles. The van der Waals surface area contributed by atoms with E-state index in [9.17, 15) is 13.5 Å². The van der Waals surface area contributed by atoms with Crippen LogP contribution in [0.15, 0.2) is 0 Å². The van der Waals surface area contributed by atoms with Gasteiger partial charge in [0.1, 0.15) is 5.37 Å². The zero-order valence-corrected chi connectivity index (χ0v) is 14.1. The van der Waals surface area contributed by atoms with Gasteiger partial charge in [-0.05, 0) is 31.1 Å². The van der Waals surface area contributed by atoms with E-state index in [-0.39, 0.29) is 23.1 Å². The highest BCUT2D eigenvalue weighted by Crippen LogP contribution is 2.31. The Morgan fingerprint density at radius 2 is 2.10 bits per heavy atom. The molecule has 2 aliphatic rings. The molecule has 0 aromatic carbocycles. The van der Waals surface area contributed by atoms with E-state index < -0.39 is 9.84 Å². The lowest BCUT2D eigenvalue weighted by atomic mass is 9.80. The molecule has 118 valence electrons. The number of thioether (sulfide) groups is 1. The molecule has 1 saturated carbocycles. The van der Waals surface area contributed by atoms with Gasteiger partial charge in [-0.15, -0.1) is 0 Å². The minimum atomic E-state index is -3.03. The fourth-order valence-corrected chi connectivity index (χ4v) is 6.42. The Morgan fingerprint density at radius 1 is 1.35 bits per heavy atom. The van der Waals surface area contributed by atoms with Crippen molar-refractivity contribution in [3.8, 4) is 0 Å². The van der Waals surface area contributed by atoms with Gasteiger partial charge in [-0.2, -0.15) is 11.8 Å². The lowest BCUT2D eigenvalue weighted by Crippen LogP contribution is -2.51. The van der Waals surface area contributed by atoms with Crippen molar-refractivity contribution < 1.29 is 13.5 Å². The summed E-state index contributed by atoms with van der Waals surface area (Å²) in [4.78, 5) is 2.11. The molecule has 0 spiro atoms. The summed E-state index contributed by atoms with van der Waals surface area (Å²) in [6.45, 7) is 5.51. The summed E-state index contributed by atoms with van der Waals surface area (Å²) in [5.41, 5.74) is 0. The van der Waals surface area contributed by atoms with Crippen LogP contribution in [0.3, 0.4) is 0 Å². The van der Waals surface area contributed by atoms with E-state index in [1.807, 2.05) is 0 Å². The van der Waals surface area contributed by atoms with Gasteiger partial charge in [0.25, 0.3) is 0 Å². The van der Waals surface area contributed by atoms with Crippen molar-refractivity contribution in [3.05, 3.63) is 0 Å². The number of hydrogen-bond acceptors (Lipinski definition) is 5. The van der Waals surface area contributed by atoms with Gasteiger partial charge in [0.15, 0.2) is 9.84 Å². The molecule has 4 unspecified atom stereocenters. The quantitative estimate of drug-likeness (QED) is 0.852. The van der Waals surface area contributed by atoms with E-state index in [0.717, 1.165) is 38.1 Å². The average Bonchev–Trinajstić information content (AvgIpc) is 2.43. The first-order valence-corrected chi connectivity index (χ1v) is 10.5. The van der Waals surface area contributed by atoms with Gasteiger partial charge in [0.2, 0.25) is 0 Å². The van der Waals surface area contributed by atoms with Crippen molar-refractivity contribution in [1.82, 2.24) is 4.90 Å². The molecule has 0 radical (unpaired) electrons. The first-order chi connectivity index (χ1) is 9.44. The third-order valence-electron chi connectivity index (χ3n) is 4.68. The Bertz CT molecular complexity index is 413. The molecule has 2 fully saturated rings.